The molecule has 1 aromatic rings. The highest BCUT2D eigenvalue weighted by atomic mass is 127. The lowest BCUT2D eigenvalue weighted by atomic mass is 10.2. The van der Waals surface area contributed by atoms with Gasteiger partial charge in [-0.25, -0.2) is 17.8 Å². The first kappa shape index (κ1) is 21.1. The average Bonchev–Trinajstić information content (AvgIpc) is 2.46. The molecule has 0 radical (unpaired) electrons. The van der Waals surface area contributed by atoms with Crippen molar-refractivity contribution in [3.63, 3.8) is 0 Å². The highest BCUT2D eigenvalue weighted by molar-refractivity contribution is 14.0. The van der Waals surface area contributed by atoms with Crippen molar-refractivity contribution in [1.82, 2.24) is 10.2 Å². The Labute approximate surface area is 160 Å². The summed E-state index contributed by atoms with van der Waals surface area (Å²) in [6, 6.07) is 6.33. The van der Waals surface area contributed by atoms with Gasteiger partial charge in [-0.05, 0) is 38.5 Å². The Morgan fingerprint density at radius 3 is 2.71 bits per heavy atom. The van der Waals surface area contributed by atoms with Crippen LogP contribution in [0.2, 0.25) is 0 Å². The van der Waals surface area contributed by atoms with Gasteiger partial charge in [0.05, 0.1) is 17.0 Å². The van der Waals surface area contributed by atoms with E-state index in [0.29, 0.717) is 32.1 Å². The van der Waals surface area contributed by atoms with Gasteiger partial charge in [-0.15, -0.1) is 24.0 Å². The van der Waals surface area contributed by atoms with Gasteiger partial charge in [0.25, 0.3) is 0 Å². The van der Waals surface area contributed by atoms with Crippen LogP contribution >= 0.6 is 24.0 Å². The SMILES string of the molecule is CCNC(=NCc1cccc(F)c1)N1CCS(=O)(=O)C(C)(C)C1.I. The molecule has 1 heterocycles. The molecule has 0 aliphatic carbocycles. The Morgan fingerprint density at radius 2 is 2.12 bits per heavy atom. The van der Waals surface area contributed by atoms with E-state index in [-0.39, 0.29) is 35.5 Å². The molecule has 0 amide bonds. The van der Waals surface area contributed by atoms with E-state index in [4.69, 9.17) is 0 Å². The molecule has 8 heteroatoms. The molecule has 0 saturated carbocycles. The van der Waals surface area contributed by atoms with Gasteiger partial charge < -0.3 is 10.2 Å². The molecular weight excluding hydrogens is 444 g/mol. The first-order chi connectivity index (χ1) is 10.7. The number of sulfone groups is 1. The zero-order valence-electron chi connectivity index (χ0n) is 14.3. The van der Waals surface area contributed by atoms with Crippen molar-refractivity contribution in [3.05, 3.63) is 35.6 Å². The fourth-order valence-corrected chi connectivity index (χ4v) is 3.92. The normalized spacial score (nSPS) is 19.5. The van der Waals surface area contributed by atoms with E-state index in [1.54, 1.807) is 19.9 Å². The minimum Gasteiger partial charge on any atom is -0.357 e. The molecule has 1 aliphatic heterocycles. The molecule has 1 saturated heterocycles. The number of aliphatic imine (C=N–C) groups is 1. The number of halogens is 2. The van der Waals surface area contributed by atoms with Gasteiger partial charge >= 0.3 is 0 Å². The molecule has 0 unspecified atom stereocenters. The molecule has 0 bridgehead atoms. The van der Waals surface area contributed by atoms with Crippen molar-refractivity contribution in [2.45, 2.75) is 32.1 Å². The largest absolute Gasteiger partial charge is 0.357 e. The Bertz CT molecular complexity index is 692. The van der Waals surface area contributed by atoms with Crippen LogP contribution in [0.1, 0.15) is 26.3 Å². The summed E-state index contributed by atoms with van der Waals surface area (Å²) in [5.41, 5.74) is 0.782. The summed E-state index contributed by atoms with van der Waals surface area (Å²) in [6.45, 7) is 7.29. The zero-order chi connectivity index (χ0) is 17.1. The molecule has 2 rings (SSSR count). The average molecular weight is 469 g/mol. The second-order valence-corrected chi connectivity index (χ2v) is 9.04. The van der Waals surface area contributed by atoms with Crippen LogP contribution in [0.5, 0.6) is 0 Å². The number of guanidine groups is 1. The molecule has 1 N–H and O–H groups in total. The van der Waals surface area contributed by atoms with Gasteiger partial charge in [0.15, 0.2) is 15.8 Å². The highest BCUT2D eigenvalue weighted by Crippen LogP contribution is 2.23. The van der Waals surface area contributed by atoms with Crippen molar-refractivity contribution >= 4 is 39.8 Å². The summed E-state index contributed by atoms with van der Waals surface area (Å²) in [5, 5.41) is 3.19. The van der Waals surface area contributed by atoms with Gasteiger partial charge in [0.1, 0.15) is 5.82 Å². The van der Waals surface area contributed by atoms with E-state index in [1.165, 1.54) is 12.1 Å². The third kappa shape index (κ3) is 5.05. The summed E-state index contributed by atoms with van der Waals surface area (Å²) in [7, 11) is -3.09. The third-order valence-electron chi connectivity index (χ3n) is 3.98. The zero-order valence-corrected chi connectivity index (χ0v) is 17.4. The van der Waals surface area contributed by atoms with Crippen LogP contribution in [0, 0.1) is 5.82 Å². The third-order valence-corrected chi connectivity index (χ3v) is 6.51. The number of benzene rings is 1. The summed E-state index contributed by atoms with van der Waals surface area (Å²) < 4.78 is 36.7. The van der Waals surface area contributed by atoms with Crippen LogP contribution in [0.25, 0.3) is 0 Å². The number of nitrogens with zero attached hydrogens (tertiary/aromatic N) is 2. The van der Waals surface area contributed by atoms with Crippen molar-refractivity contribution < 1.29 is 12.8 Å². The van der Waals surface area contributed by atoms with E-state index in [0.717, 1.165) is 5.56 Å². The van der Waals surface area contributed by atoms with Crippen LogP contribution < -0.4 is 5.32 Å². The molecule has 0 atom stereocenters. The van der Waals surface area contributed by atoms with Crippen molar-refractivity contribution in [3.8, 4) is 0 Å². The van der Waals surface area contributed by atoms with Crippen LogP contribution in [-0.4, -0.2) is 49.4 Å². The molecule has 1 aliphatic rings. The Hall–Kier alpha value is -0.900. The van der Waals surface area contributed by atoms with E-state index >= 15 is 0 Å². The predicted molar refractivity (Wildman–Crippen MR) is 106 cm³/mol. The Kier molecular flexibility index (Phi) is 7.45. The van der Waals surface area contributed by atoms with Crippen LogP contribution in [-0.2, 0) is 16.4 Å². The highest BCUT2D eigenvalue weighted by Gasteiger charge is 2.40. The first-order valence-electron chi connectivity index (χ1n) is 7.75. The number of hydrogen-bond acceptors (Lipinski definition) is 3. The predicted octanol–water partition coefficient (Wildman–Crippen LogP) is 2.42. The van der Waals surface area contributed by atoms with Crippen LogP contribution in [0.15, 0.2) is 29.3 Å². The number of rotatable bonds is 3. The second kappa shape index (κ2) is 8.46. The second-order valence-electron chi connectivity index (χ2n) is 6.30. The van der Waals surface area contributed by atoms with Crippen molar-refractivity contribution in [2.24, 2.45) is 4.99 Å². The molecular formula is C16H25FIN3O2S. The lowest BCUT2D eigenvalue weighted by molar-refractivity contribution is 0.353. The summed E-state index contributed by atoms with van der Waals surface area (Å²) in [6.07, 6.45) is 0. The van der Waals surface area contributed by atoms with E-state index in [2.05, 4.69) is 10.3 Å². The molecule has 0 aromatic heterocycles. The Morgan fingerprint density at radius 1 is 1.42 bits per heavy atom. The molecule has 0 spiro atoms. The molecule has 136 valence electrons. The van der Waals surface area contributed by atoms with Gasteiger partial charge in [-0.1, -0.05) is 12.1 Å². The minimum absolute atomic E-state index is 0. The minimum atomic E-state index is -3.09. The lowest BCUT2D eigenvalue weighted by Gasteiger charge is -2.39. The van der Waals surface area contributed by atoms with Crippen LogP contribution in [0.4, 0.5) is 4.39 Å². The molecule has 5 nitrogen and oxygen atoms in total. The topological polar surface area (TPSA) is 61.8 Å². The fraction of sp³-hybridized carbons (Fsp3) is 0.562. The maximum absolute atomic E-state index is 13.2. The van der Waals surface area contributed by atoms with Crippen molar-refractivity contribution in [2.75, 3.05) is 25.4 Å². The number of hydrogen-bond donors (Lipinski definition) is 1. The molecule has 1 aromatic carbocycles. The van der Waals surface area contributed by atoms with Crippen LogP contribution in [0.3, 0.4) is 0 Å². The van der Waals surface area contributed by atoms with Crippen molar-refractivity contribution in [1.29, 1.82) is 0 Å². The maximum atomic E-state index is 13.2. The summed E-state index contributed by atoms with van der Waals surface area (Å²) in [4.78, 5) is 6.49. The number of nitrogens with one attached hydrogen (secondary N) is 1. The Balaban J connectivity index is 0.00000288. The van der Waals surface area contributed by atoms with E-state index in [1.807, 2.05) is 17.9 Å². The monoisotopic (exact) mass is 469 g/mol. The van der Waals surface area contributed by atoms with Gasteiger partial charge in [-0.2, -0.15) is 0 Å². The van der Waals surface area contributed by atoms with Gasteiger partial charge in [0.2, 0.25) is 0 Å². The summed E-state index contributed by atoms with van der Waals surface area (Å²) in [5.74, 6) is 0.498. The summed E-state index contributed by atoms with van der Waals surface area (Å²) >= 11 is 0. The molecule has 24 heavy (non-hydrogen) atoms. The fourth-order valence-electron chi connectivity index (χ4n) is 2.55. The maximum Gasteiger partial charge on any atom is 0.194 e. The smallest absolute Gasteiger partial charge is 0.194 e. The van der Waals surface area contributed by atoms with Gasteiger partial charge in [-0.3, -0.25) is 0 Å². The first-order valence-corrected chi connectivity index (χ1v) is 9.40. The van der Waals surface area contributed by atoms with E-state index < -0.39 is 14.6 Å². The lowest BCUT2D eigenvalue weighted by Crippen LogP contribution is -2.57. The van der Waals surface area contributed by atoms with E-state index in [9.17, 15) is 12.8 Å². The van der Waals surface area contributed by atoms with Gasteiger partial charge in [0, 0.05) is 19.6 Å². The molecule has 1 fully saturated rings. The quantitative estimate of drug-likeness (QED) is 0.420. The standard InChI is InChI=1S/C16H24FN3O2S.HI/c1-4-18-15(19-11-13-6-5-7-14(17)10-13)20-8-9-23(21,22)16(2,3)12-20;/h5-7,10H,4,8-9,11-12H2,1-3H3,(H,18,19);1H.